The van der Waals surface area contributed by atoms with Gasteiger partial charge in [0.1, 0.15) is 0 Å². The van der Waals surface area contributed by atoms with Crippen LogP contribution in [0.2, 0.25) is 0 Å². The molecule has 94 valence electrons. The molecular weight excluding hydrogens is 228 g/mol. The fraction of sp³-hybridized carbons (Fsp3) is 0.231. The largest absolute Gasteiger partial charge is 0.352 e. The van der Waals surface area contributed by atoms with Gasteiger partial charge in [-0.3, -0.25) is 4.98 Å². The SMILES string of the molecule is NC(=O)NCCNCc1cncc2ccccc12. The highest BCUT2D eigenvalue weighted by molar-refractivity contribution is 5.84. The van der Waals surface area contributed by atoms with E-state index in [1.54, 1.807) is 0 Å². The second-order valence-electron chi connectivity index (χ2n) is 3.99. The number of pyridine rings is 1. The summed E-state index contributed by atoms with van der Waals surface area (Å²) in [7, 11) is 0. The molecule has 1 heterocycles. The third-order valence-corrected chi connectivity index (χ3v) is 2.67. The Balaban J connectivity index is 1.93. The summed E-state index contributed by atoms with van der Waals surface area (Å²) in [5.74, 6) is 0. The zero-order valence-electron chi connectivity index (χ0n) is 10.0. The molecule has 2 amide bonds. The van der Waals surface area contributed by atoms with Crippen molar-refractivity contribution in [1.29, 1.82) is 0 Å². The summed E-state index contributed by atoms with van der Waals surface area (Å²) in [6, 6.07) is 7.64. The highest BCUT2D eigenvalue weighted by Gasteiger charge is 2.00. The predicted molar refractivity (Wildman–Crippen MR) is 71.0 cm³/mol. The van der Waals surface area contributed by atoms with Crippen LogP contribution >= 0.6 is 0 Å². The molecule has 1 aromatic carbocycles. The maximum atomic E-state index is 10.5. The fourth-order valence-electron chi connectivity index (χ4n) is 1.82. The molecule has 2 rings (SSSR count). The molecule has 0 atom stereocenters. The number of nitrogens with two attached hydrogens (primary N) is 1. The van der Waals surface area contributed by atoms with Gasteiger partial charge in [-0.25, -0.2) is 4.79 Å². The number of benzene rings is 1. The van der Waals surface area contributed by atoms with Gasteiger partial charge < -0.3 is 16.4 Å². The van der Waals surface area contributed by atoms with Crippen LogP contribution in [0.1, 0.15) is 5.56 Å². The van der Waals surface area contributed by atoms with Crippen LogP contribution in [0.25, 0.3) is 10.8 Å². The Morgan fingerprint density at radius 3 is 2.89 bits per heavy atom. The minimum Gasteiger partial charge on any atom is -0.352 e. The lowest BCUT2D eigenvalue weighted by Gasteiger charge is -2.07. The number of fused-ring (bicyclic) bond motifs is 1. The lowest BCUT2D eigenvalue weighted by molar-refractivity contribution is 0.249. The van der Waals surface area contributed by atoms with E-state index in [2.05, 4.69) is 21.7 Å². The van der Waals surface area contributed by atoms with Gasteiger partial charge in [0.25, 0.3) is 0 Å². The number of nitrogens with one attached hydrogen (secondary N) is 2. The van der Waals surface area contributed by atoms with Crippen LogP contribution in [0.3, 0.4) is 0 Å². The summed E-state index contributed by atoms with van der Waals surface area (Å²) in [5, 5.41) is 8.10. The van der Waals surface area contributed by atoms with Crippen LogP contribution in [-0.4, -0.2) is 24.1 Å². The molecule has 0 aliphatic heterocycles. The first-order valence-electron chi connectivity index (χ1n) is 5.83. The van der Waals surface area contributed by atoms with Gasteiger partial charge in [-0.15, -0.1) is 0 Å². The Labute approximate surface area is 105 Å². The molecule has 0 aliphatic carbocycles. The number of hydrogen-bond acceptors (Lipinski definition) is 3. The fourth-order valence-corrected chi connectivity index (χ4v) is 1.82. The first-order chi connectivity index (χ1) is 8.77. The van der Waals surface area contributed by atoms with Crippen LogP contribution in [0, 0.1) is 0 Å². The summed E-state index contributed by atoms with van der Waals surface area (Å²) in [6.45, 7) is 1.91. The zero-order valence-corrected chi connectivity index (χ0v) is 10.0. The lowest BCUT2D eigenvalue weighted by Crippen LogP contribution is -2.35. The molecule has 0 aliphatic rings. The molecule has 0 spiro atoms. The van der Waals surface area contributed by atoms with Crippen LogP contribution in [0.5, 0.6) is 0 Å². The molecular formula is C13H16N4O. The molecule has 4 N–H and O–H groups in total. The Morgan fingerprint density at radius 2 is 2.06 bits per heavy atom. The number of carbonyl (C=O) groups is 1. The molecule has 0 bridgehead atoms. The maximum absolute atomic E-state index is 10.5. The van der Waals surface area contributed by atoms with Crippen molar-refractivity contribution in [2.45, 2.75) is 6.54 Å². The topological polar surface area (TPSA) is 80.0 Å². The number of aromatic nitrogens is 1. The van der Waals surface area contributed by atoms with Crippen molar-refractivity contribution >= 4 is 16.8 Å². The van der Waals surface area contributed by atoms with Gasteiger partial charge in [0, 0.05) is 37.4 Å². The van der Waals surface area contributed by atoms with E-state index in [1.165, 1.54) is 5.39 Å². The number of nitrogens with zero attached hydrogens (tertiary/aromatic N) is 1. The molecule has 2 aromatic rings. The molecule has 0 saturated heterocycles. The smallest absolute Gasteiger partial charge is 0.312 e. The van der Waals surface area contributed by atoms with Crippen LogP contribution in [0.15, 0.2) is 36.7 Å². The van der Waals surface area contributed by atoms with Crippen molar-refractivity contribution in [1.82, 2.24) is 15.6 Å². The molecule has 0 radical (unpaired) electrons. The zero-order chi connectivity index (χ0) is 12.8. The summed E-state index contributed by atoms with van der Waals surface area (Å²) in [4.78, 5) is 14.7. The summed E-state index contributed by atoms with van der Waals surface area (Å²) in [5.41, 5.74) is 6.12. The normalized spacial score (nSPS) is 10.4. The van der Waals surface area contributed by atoms with Crippen molar-refractivity contribution < 1.29 is 4.79 Å². The first kappa shape index (κ1) is 12.3. The summed E-state index contributed by atoms with van der Waals surface area (Å²) in [6.07, 6.45) is 3.71. The average molecular weight is 244 g/mol. The number of carbonyl (C=O) groups excluding carboxylic acids is 1. The molecule has 0 saturated carbocycles. The molecule has 0 unspecified atom stereocenters. The minimum atomic E-state index is -0.497. The van der Waals surface area contributed by atoms with Gasteiger partial charge in [-0.2, -0.15) is 0 Å². The van der Waals surface area contributed by atoms with Crippen molar-refractivity contribution in [3.8, 4) is 0 Å². The molecule has 5 heteroatoms. The molecule has 18 heavy (non-hydrogen) atoms. The second kappa shape index (κ2) is 5.97. The van der Waals surface area contributed by atoms with E-state index in [1.807, 2.05) is 30.6 Å². The average Bonchev–Trinajstić information content (AvgIpc) is 2.38. The van der Waals surface area contributed by atoms with E-state index in [-0.39, 0.29) is 0 Å². The Hall–Kier alpha value is -2.14. The van der Waals surface area contributed by atoms with E-state index in [4.69, 9.17) is 5.73 Å². The van der Waals surface area contributed by atoms with Gasteiger partial charge in [0.05, 0.1) is 0 Å². The Bertz CT molecular complexity index is 536. The van der Waals surface area contributed by atoms with Crippen molar-refractivity contribution in [2.24, 2.45) is 5.73 Å². The maximum Gasteiger partial charge on any atom is 0.312 e. The van der Waals surface area contributed by atoms with Gasteiger partial charge in [-0.1, -0.05) is 24.3 Å². The van der Waals surface area contributed by atoms with Crippen molar-refractivity contribution in [3.63, 3.8) is 0 Å². The minimum absolute atomic E-state index is 0.497. The van der Waals surface area contributed by atoms with E-state index in [9.17, 15) is 4.79 Å². The Morgan fingerprint density at radius 1 is 1.22 bits per heavy atom. The van der Waals surface area contributed by atoms with Gasteiger partial charge in [0.15, 0.2) is 0 Å². The number of hydrogen-bond donors (Lipinski definition) is 3. The standard InChI is InChI=1S/C13H16N4O/c14-13(18)17-6-5-15-8-11-9-16-7-10-3-1-2-4-12(10)11/h1-4,7,9,15H,5-6,8H2,(H3,14,17,18). The molecule has 5 nitrogen and oxygen atoms in total. The molecule has 1 aromatic heterocycles. The van der Waals surface area contributed by atoms with Crippen LogP contribution in [0.4, 0.5) is 4.79 Å². The van der Waals surface area contributed by atoms with Crippen LogP contribution in [-0.2, 0) is 6.54 Å². The number of urea groups is 1. The quantitative estimate of drug-likeness (QED) is 0.686. The highest BCUT2D eigenvalue weighted by atomic mass is 16.2. The van der Waals surface area contributed by atoms with Gasteiger partial charge in [-0.05, 0) is 10.9 Å². The highest BCUT2D eigenvalue weighted by Crippen LogP contribution is 2.16. The van der Waals surface area contributed by atoms with E-state index in [0.717, 1.165) is 17.5 Å². The third kappa shape index (κ3) is 3.18. The van der Waals surface area contributed by atoms with Gasteiger partial charge in [0.2, 0.25) is 0 Å². The van der Waals surface area contributed by atoms with E-state index < -0.39 is 6.03 Å². The van der Waals surface area contributed by atoms with E-state index in [0.29, 0.717) is 13.1 Å². The molecule has 0 fully saturated rings. The first-order valence-corrected chi connectivity index (χ1v) is 5.83. The number of primary amides is 1. The van der Waals surface area contributed by atoms with E-state index >= 15 is 0 Å². The predicted octanol–water partition coefficient (Wildman–Crippen LogP) is 0.993. The van der Waals surface area contributed by atoms with Crippen molar-refractivity contribution in [3.05, 3.63) is 42.2 Å². The second-order valence-corrected chi connectivity index (χ2v) is 3.99. The summed E-state index contributed by atoms with van der Waals surface area (Å²) >= 11 is 0. The third-order valence-electron chi connectivity index (χ3n) is 2.67. The number of rotatable bonds is 5. The van der Waals surface area contributed by atoms with Crippen molar-refractivity contribution in [2.75, 3.05) is 13.1 Å². The Kier molecular flexibility index (Phi) is 4.09. The van der Waals surface area contributed by atoms with Gasteiger partial charge >= 0.3 is 6.03 Å². The summed E-state index contributed by atoms with van der Waals surface area (Å²) < 4.78 is 0. The monoisotopic (exact) mass is 244 g/mol. The lowest BCUT2D eigenvalue weighted by atomic mass is 10.1. The van der Waals surface area contributed by atoms with Crippen LogP contribution < -0.4 is 16.4 Å². The number of amides is 2.